The molecule has 1 aromatic carbocycles. The summed E-state index contributed by atoms with van der Waals surface area (Å²) in [5.74, 6) is -0.0662. The molecule has 8 heteroatoms. The standard InChI is InChI=1S/C20H19N7O/c1-26-20-14(10-21-26)7-15-9-19(28)23-17(13-5-3-2-4-6-13)8-16-11-27(25-24-16)12-18(20)22-15/h2-7,10-11,17H,8-9,12H2,1H3,(H,23,28). The zero-order valence-corrected chi connectivity index (χ0v) is 15.4. The lowest BCUT2D eigenvalue weighted by molar-refractivity contribution is -0.121. The fraction of sp³-hybridized carbons (Fsp3) is 0.250. The van der Waals surface area contributed by atoms with Gasteiger partial charge < -0.3 is 5.32 Å². The molecule has 0 spiro atoms. The van der Waals surface area contributed by atoms with E-state index in [1.54, 1.807) is 15.6 Å². The summed E-state index contributed by atoms with van der Waals surface area (Å²) in [5, 5.41) is 17.0. The molecule has 1 aliphatic rings. The summed E-state index contributed by atoms with van der Waals surface area (Å²) in [5.41, 5.74) is 4.36. The number of nitrogens with one attached hydrogen (secondary N) is 1. The average Bonchev–Trinajstić information content (AvgIpc) is 3.28. The number of fused-ring (bicyclic) bond motifs is 6. The summed E-state index contributed by atoms with van der Waals surface area (Å²) in [6.45, 7) is 0.481. The van der Waals surface area contributed by atoms with E-state index >= 15 is 0 Å². The van der Waals surface area contributed by atoms with E-state index in [0.29, 0.717) is 13.0 Å². The first-order chi connectivity index (χ1) is 13.7. The van der Waals surface area contributed by atoms with Crippen LogP contribution in [-0.4, -0.2) is 35.7 Å². The Hall–Kier alpha value is -3.55. The summed E-state index contributed by atoms with van der Waals surface area (Å²) in [4.78, 5) is 17.5. The van der Waals surface area contributed by atoms with Gasteiger partial charge in [0, 0.05) is 25.1 Å². The van der Waals surface area contributed by atoms with Gasteiger partial charge in [-0.05, 0) is 11.6 Å². The van der Waals surface area contributed by atoms with Gasteiger partial charge in [0.2, 0.25) is 5.91 Å². The molecular formula is C20H19N7O. The van der Waals surface area contributed by atoms with E-state index in [2.05, 4.69) is 20.7 Å². The number of carbonyl (C=O) groups is 1. The van der Waals surface area contributed by atoms with E-state index in [1.165, 1.54) is 0 Å². The summed E-state index contributed by atoms with van der Waals surface area (Å²) >= 11 is 0. The molecule has 1 N–H and O–H groups in total. The molecule has 4 aromatic rings. The Morgan fingerprint density at radius 3 is 2.89 bits per heavy atom. The Bertz CT molecular complexity index is 1160. The smallest absolute Gasteiger partial charge is 0.226 e. The van der Waals surface area contributed by atoms with Crippen LogP contribution in [0.3, 0.4) is 0 Å². The maximum atomic E-state index is 12.8. The summed E-state index contributed by atoms with van der Waals surface area (Å²) in [6.07, 6.45) is 4.51. The number of nitrogens with zero attached hydrogens (tertiary/aromatic N) is 6. The molecule has 1 amide bonds. The Kier molecular flexibility index (Phi) is 3.89. The lowest BCUT2D eigenvalue weighted by Gasteiger charge is -2.19. The maximum absolute atomic E-state index is 12.8. The van der Waals surface area contributed by atoms with Crippen molar-refractivity contribution in [1.82, 2.24) is 35.1 Å². The summed E-state index contributed by atoms with van der Waals surface area (Å²) in [7, 11) is 1.89. The predicted octanol–water partition coefficient (Wildman–Crippen LogP) is 1.56. The van der Waals surface area contributed by atoms with Gasteiger partial charge in [0.05, 0.1) is 47.8 Å². The Morgan fingerprint density at radius 1 is 1.18 bits per heavy atom. The summed E-state index contributed by atoms with van der Waals surface area (Å²) in [6, 6.07) is 11.7. The van der Waals surface area contributed by atoms with Crippen LogP contribution in [0, 0.1) is 0 Å². The molecule has 4 bridgehead atoms. The van der Waals surface area contributed by atoms with Crippen molar-refractivity contribution in [2.24, 2.45) is 7.05 Å². The van der Waals surface area contributed by atoms with E-state index in [-0.39, 0.29) is 18.4 Å². The van der Waals surface area contributed by atoms with Gasteiger partial charge in [-0.25, -0.2) is 4.68 Å². The number of aromatic nitrogens is 6. The third-order valence-electron chi connectivity index (χ3n) is 5.03. The molecule has 8 nitrogen and oxygen atoms in total. The highest BCUT2D eigenvalue weighted by Crippen LogP contribution is 2.22. The first-order valence-electron chi connectivity index (χ1n) is 9.19. The fourth-order valence-corrected chi connectivity index (χ4v) is 3.77. The highest BCUT2D eigenvalue weighted by molar-refractivity contribution is 5.84. The van der Waals surface area contributed by atoms with Crippen LogP contribution in [0.2, 0.25) is 0 Å². The second-order valence-electron chi connectivity index (χ2n) is 7.09. The molecule has 0 saturated carbocycles. The predicted molar refractivity (Wildman–Crippen MR) is 102 cm³/mol. The highest BCUT2D eigenvalue weighted by atomic mass is 16.1. The number of carbonyl (C=O) groups excluding carboxylic acids is 1. The summed E-state index contributed by atoms with van der Waals surface area (Å²) < 4.78 is 3.59. The van der Waals surface area contributed by atoms with Crippen molar-refractivity contribution in [3.8, 4) is 0 Å². The molecule has 4 heterocycles. The largest absolute Gasteiger partial charge is 0.349 e. The number of pyridine rings is 1. The lowest BCUT2D eigenvalue weighted by atomic mass is 10.0. The third kappa shape index (κ3) is 3.02. The van der Waals surface area contributed by atoms with Gasteiger partial charge in [-0.3, -0.25) is 14.5 Å². The molecular weight excluding hydrogens is 354 g/mol. The molecule has 0 aliphatic carbocycles. The molecule has 3 aromatic heterocycles. The van der Waals surface area contributed by atoms with Crippen molar-refractivity contribution >= 4 is 16.8 Å². The van der Waals surface area contributed by atoms with Crippen LogP contribution < -0.4 is 5.32 Å². The lowest BCUT2D eigenvalue weighted by Crippen LogP contribution is -2.31. The number of hydrogen-bond acceptors (Lipinski definition) is 5. The number of amides is 1. The molecule has 0 fully saturated rings. The van der Waals surface area contributed by atoms with Crippen LogP contribution in [-0.2, 0) is 31.2 Å². The topological polar surface area (TPSA) is 90.5 Å². The molecule has 1 unspecified atom stereocenters. The van der Waals surface area contributed by atoms with E-state index in [4.69, 9.17) is 4.98 Å². The first kappa shape index (κ1) is 16.6. The number of aryl methyl sites for hydroxylation is 1. The minimum atomic E-state index is -0.167. The molecule has 1 aliphatic heterocycles. The van der Waals surface area contributed by atoms with Crippen molar-refractivity contribution in [3.05, 3.63) is 71.4 Å². The molecule has 0 saturated heterocycles. The van der Waals surface area contributed by atoms with Gasteiger partial charge >= 0.3 is 0 Å². The van der Waals surface area contributed by atoms with Crippen molar-refractivity contribution in [1.29, 1.82) is 0 Å². The zero-order valence-electron chi connectivity index (χ0n) is 15.4. The SMILES string of the molecule is Cn1ncc2cc3nc(c21)Cn1cc(nn1)CC(c1ccccc1)NC(=O)C3. The van der Waals surface area contributed by atoms with Crippen molar-refractivity contribution < 1.29 is 4.79 Å². The maximum Gasteiger partial charge on any atom is 0.226 e. The quantitative estimate of drug-likeness (QED) is 0.547. The minimum Gasteiger partial charge on any atom is -0.349 e. The fourth-order valence-electron chi connectivity index (χ4n) is 3.77. The normalized spacial score (nSPS) is 17.0. The van der Waals surface area contributed by atoms with Crippen LogP contribution in [0.1, 0.15) is 28.7 Å². The average molecular weight is 373 g/mol. The van der Waals surface area contributed by atoms with Gasteiger partial charge in [0.1, 0.15) is 0 Å². The van der Waals surface area contributed by atoms with Crippen LogP contribution in [0.15, 0.2) is 48.8 Å². The van der Waals surface area contributed by atoms with Gasteiger partial charge in [-0.1, -0.05) is 35.5 Å². The highest BCUT2D eigenvalue weighted by Gasteiger charge is 2.20. The Balaban J connectivity index is 1.60. The van der Waals surface area contributed by atoms with Crippen LogP contribution in [0.4, 0.5) is 0 Å². The Labute approximate surface area is 161 Å². The molecule has 5 rings (SSSR count). The van der Waals surface area contributed by atoms with Crippen molar-refractivity contribution in [2.45, 2.75) is 25.4 Å². The number of hydrogen-bond donors (Lipinski definition) is 1. The Morgan fingerprint density at radius 2 is 2.04 bits per heavy atom. The monoisotopic (exact) mass is 373 g/mol. The van der Waals surface area contributed by atoms with E-state index < -0.39 is 0 Å². The van der Waals surface area contributed by atoms with Crippen LogP contribution >= 0.6 is 0 Å². The van der Waals surface area contributed by atoms with Gasteiger partial charge in [-0.2, -0.15) is 5.10 Å². The molecule has 0 radical (unpaired) electrons. The molecule has 1 atom stereocenters. The zero-order chi connectivity index (χ0) is 19.1. The second-order valence-corrected chi connectivity index (χ2v) is 7.09. The van der Waals surface area contributed by atoms with Crippen LogP contribution in [0.5, 0.6) is 0 Å². The van der Waals surface area contributed by atoms with E-state index in [0.717, 1.165) is 33.5 Å². The van der Waals surface area contributed by atoms with Crippen molar-refractivity contribution in [3.63, 3.8) is 0 Å². The third-order valence-corrected chi connectivity index (χ3v) is 5.03. The minimum absolute atomic E-state index is 0.0662. The van der Waals surface area contributed by atoms with Gasteiger partial charge in [0.25, 0.3) is 0 Å². The van der Waals surface area contributed by atoms with Crippen LogP contribution in [0.25, 0.3) is 10.9 Å². The van der Waals surface area contributed by atoms with E-state index in [1.807, 2.05) is 49.6 Å². The van der Waals surface area contributed by atoms with Gasteiger partial charge in [0.15, 0.2) is 0 Å². The number of rotatable bonds is 1. The van der Waals surface area contributed by atoms with Crippen molar-refractivity contribution in [2.75, 3.05) is 0 Å². The van der Waals surface area contributed by atoms with E-state index in [9.17, 15) is 4.79 Å². The number of benzene rings is 1. The molecule has 140 valence electrons. The first-order valence-corrected chi connectivity index (χ1v) is 9.19. The van der Waals surface area contributed by atoms with Gasteiger partial charge in [-0.15, -0.1) is 5.10 Å². The molecule has 28 heavy (non-hydrogen) atoms. The second kappa shape index (κ2) is 6.56.